The summed E-state index contributed by atoms with van der Waals surface area (Å²) in [5.41, 5.74) is 0. The van der Waals surface area contributed by atoms with Crippen LogP contribution in [0.3, 0.4) is 0 Å². The molecule has 0 aromatic carbocycles. The quantitative estimate of drug-likeness (QED) is 0.267. The highest BCUT2D eigenvalue weighted by molar-refractivity contribution is 5.77. The van der Waals surface area contributed by atoms with E-state index in [1.54, 1.807) is 0 Å². The van der Waals surface area contributed by atoms with Gasteiger partial charge in [0.15, 0.2) is 0 Å². The van der Waals surface area contributed by atoms with Gasteiger partial charge in [0, 0.05) is 13.2 Å². The molecule has 0 aliphatic carbocycles. The Kier molecular flexibility index (Phi) is 21.5. The van der Waals surface area contributed by atoms with Crippen molar-refractivity contribution in [2.45, 2.75) is 72.6 Å². The van der Waals surface area contributed by atoms with Crippen LogP contribution in [0.2, 0.25) is 0 Å². The molecule has 1 atom stereocenters. The second-order valence-electron chi connectivity index (χ2n) is 7.98. The van der Waals surface area contributed by atoms with Gasteiger partial charge in [-0.15, -0.1) is 0 Å². The number of hydrogen-bond acceptors (Lipinski definition) is 5. The van der Waals surface area contributed by atoms with Crippen molar-refractivity contribution in [1.29, 1.82) is 0 Å². The first kappa shape index (κ1) is 28.3. The lowest BCUT2D eigenvalue weighted by Gasteiger charge is -2.13. The molecule has 0 bridgehead atoms. The maximum Gasteiger partial charge on any atom is 0.245 e. The molecule has 29 heavy (non-hydrogen) atoms. The molecule has 0 fully saturated rings. The third kappa shape index (κ3) is 21.8. The van der Waals surface area contributed by atoms with E-state index in [0.717, 1.165) is 37.8 Å². The summed E-state index contributed by atoms with van der Waals surface area (Å²) >= 11 is 0. The number of carbonyl (C=O) groups excluding carboxylic acids is 1. The highest BCUT2D eigenvalue weighted by Gasteiger charge is 2.05. The largest absolute Gasteiger partial charge is 0.379 e. The van der Waals surface area contributed by atoms with Gasteiger partial charge in [-0.3, -0.25) is 4.79 Å². The summed E-state index contributed by atoms with van der Waals surface area (Å²) in [4.78, 5) is 11.7. The van der Waals surface area contributed by atoms with Gasteiger partial charge in [0.1, 0.15) is 6.61 Å². The zero-order valence-electron chi connectivity index (χ0n) is 19.5. The molecule has 0 spiro atoms. The summed E-state index contributed by atoms with van der Waals surface area (Å²) in [6.45, 7) is 13.7. The van der Waals surface area contributed by atoms with Crippen LogP contribution in [0.25, 0.3) is 0 Å². The molecule has 174 valence electrons. The maximum atomic E-state index is 11.7. The van der Waals surface area contributed by atoms with Gasteiger partial charge >= 0.3 is 0 Å². The molecular weight excluding hydrogens is 370 g/mol. The van der Waals surface area contributed by atoms with Gasteiger partial charge in [0.25, 0.3) is 0 Å². The van der Waals surface area contributed by atoms with Crippen LogP contribution in [0.1, 0.15) is 72.6 Å². The lowest BCUT2D eigenvalue weighted by Crippen LogP contribution is -2.29. The Bertz CT molecular complexity index is 352. The second kappa shape index (κ2) is 22.0. The van der Waals surface area contributed by atoms with Gasteiger partial charge in [-0.25, -0.2) is 0 Å². The van der Waals surface area contributed by atoms with E-state index < -0.39 is 0 Å². The number of hydrogen-bond donors (Lipinski definition) is 1. The van der Waals surface area contributed by atoms with Crippen LogP contribution in [0.4, 0.5) is 0 Å². The van der Waals surface area contributed by atoms with Crippen LogP contribution in [0, 0.1) is 11.8 Å². The van der Waals surface area contributed by atoms with Crippen LogP contribution >= 0.6 is 0 Å². The summed E-state index contributed by atoms with van der Waals surface area (Å²) in [6.07, 6.45) is 8.28. The lowest BCUT2D eigenvalue weighted by molar-refractivity contribution is -0.126. The molecule has 1 N–H and O–H groups in total. The van der Waals surface area contributed by atoms with Gasteiger partial charge in [-0.1, -0.05) is 47.0 Å². The van der Waals surface area contributed by atoms with Crippen LogP contribution in [-0.4, -0.2) is 65.3 Å². The molecule has 0 heterocycles. The van der Waals surface area contributed by atoms with Gasteiger partial charge in [0.2, 0.25) is 5.91 Å². The molecule has 0 aliphatic heterocycles. The summed E-state index contributed by atoms with van der Waals surface area (Å²) < 4.78 is 21.7. The average Bonchev–Trinajstić information content (AvgIpc) is 2.70. The number of ether oxygens (including phenoxy) is 4. The number of carbonyl (C=O) groups is 1. The van der Waals surface area contributed by atoms with E-state index in [4.69, 9.17) is 18.9 Å². The predicted octanol–water partition coefficient (Wildman–Crippen LogP) is 4.21. The number of rotatable bonds is 22. The van der Waals surface area contributed by atoms with Crippen molar-refractivity contribution in [3.63, 3.8) is 0 Å². The van der Waals surface area contributed by atoms with Crippen molar-refractivity contribution in [3.05, 3.63) is 0 Å². The molecule has 1 amide bonds. The average molecular weight is 418 g/mol. The molecule has 0 saturated heterocycles. The van der Waals surface area contributed by atoms with Crippen LogP contribution in [0.15, 0.2) is 0 Å². The van der Waals surface area contributed by atoms with Crippen molar-refractivity contribution < 1.29 is 23.7 Å². The summed E-state index contributed by atoms with van der Waals surface area (Å²) in [5.74, 6) is 1.47. The fourth-order valence-corrected chi connectivity index (χ4v) is 3.05. The highest BCUT2D eigenvalue weighted by Crippen LogP contribution is 2.16. The van der Waals surface area contributed by atoms with Gasteiger partial charge < -0.3 is 24.3 Å². The molecular formula is C23H47NO5. The smallest absolute Gasteiger partial charge is 0.245 e. The summed E-state index contributed by atoms with van der Waals surface area (Å²) in [7, 11) is 0. The van der Waals surface area contributed by atoms with Crippen molar-refractivity contribution in [2.24, 2.45) is 11.8 Å². The predicted molar refractivity (Wildman–Crippen MR) is 118 cm³/mol. The standard InChI is InChI=1S/C23H47NO5/c1-5-9-22(6-2)11-7-12-24-23(25)20-29-19-18-28-17-16-27-15-14-26-13-8-10-21(3)4/h21-22H,5-20H2,1-4H3,(H,24,25). The monoisotopic (exact) mass is 417 g/mol. The zero-order valence-corrected chi connectivity index (χ0v) is 19.5. The first-order chi connectivity index (χ1) is 14.1. The maximum absolute atomic E-state index is 11.7. The van der Waals surface area contributed by atoms with E-state index in [0.29, 0.717) is 39.6 Å². The molecule has 6 heteroatoms. The Morgan fingerprint density at radius 1 is 0.759 bits per heavy atom. The minimum absolute atomic E-state index is 0.0507. The molecule has 0 saturated carbocycles. The number of nitrogens with one attached hydrogen (secondary N) is 1. The van der Waals surface area contributed by atoms with Gasteiger partial charge in [0.05, 0.1) is 39.6 Å². The topological polar surface area (TPSA) is 66.0 Å². The third-order valence-electron chi connectivity index (χ3n) is 4.80. The van der Waals surface area contributed by atoms with Crippen molar-refractivity contribution in [2.75, 3.05) is 59.4 Å². The van der Waals surface area contributed by atoms with E-state index in [9.17, 15) is 4.79 Å². The Morgan fingerprint density at radius 3 is 1.90 bits per heavy atom. The first-order valence-electron chi connectivity index (χ1n) is 11.7. The minimum Gasteiger partial charge on any atom is -0.379 e. The van der Waals surface area contributed by atoms with Crippen molar-refractivity contribution >= 4 is 5.91 Å². The van der Waals surface area contributed by atoms with Crippen molar-refractivity contribution in [3.8, 4) is 0 Å². The first-order valence-corrected chi connectivity index (χ1v) is 11.7. The molecule has 0 aliphatic rings. The number of amides is 1. The fourth-order valence-electron chi connectivity index (χ4n) is 3.05. The molecule has 0 rings (SSSR count). The second-order valence-corrected chi connectivity index (χ2v) is 7.98. The Labute approximate surface area is 179 Å². The van der Waals surface area contributed by atoms with E-state index in [-0.39, 0.29) is 12.5 Å². The molecule has 1 unspecified atom stereocenters. The Hall–Kier alpha value is -0.690. The van der Waals surface area contributed by atoms with Crippen LogP contribution in [0.5, 0.6) is 0 Å². The van der Waals surface area contributed by atoms with Crippen molar-refractivity contribution in [1.82, 2.24) is 5.32 Å². The Balaban J connectivity index is 3.25. The van der Waals surface area contributed by atoms with E-state index in [1.807, 2.05) is 0 Å². The zero-order chi connectivity index (χ0) is 21.6. The SMILES string of the molecule is CCCC(CC)CCCNC(=O)COCCOCCOCCOCCCC(C)C. The normalized spacial score (nSPS) is 12.4. The third-order valence-corrected chi connectivity index (χ3v) is 4.80. The summed E-state index contributed by atoms with van der Waals surface area (Å²) in [6, 6.07) is 0. The van der Waals surface area contributed by atoms with Gasteiger partial charge in [-0.2, -0.15) is 0 Å². The minimum atomic E-state index is -0.0507. The highest BCUT2D eigenvalue weighted by atomic mass is 16.6. The Morgan fingerprint density at radius 2 is 1.34 bits per heavy atom. The van der Waals surface area contributed by atoms with E-state index in [2.05, 4.69) is 33.0 Å². The fraction of sp³-hybridized carbons (Fsp3) is 0.957. The molecule has 6 nitrogen and oxygen atoms in total. The lowest BCUT2D eigenvalue weighted by atomic mass is 9.95. The molecule has 0 radical (unpaired) electrons. The van der Waals surface area contributed by atoms with Crippen LogP contribution < -0.4 is 5.32 Å². The summed E-state index contributed by atoms with van der Waals surface area (Å²) in [5, 5.41) is 2.92. The molecule has 0 aromatic rings. The van der Waals surface area contributed by atoms with E-state index in [1.165, 1.54) is 32.1 Å². The van der Waals surface area contributed by atoms with Gasteiger partial charge in [-0.05, 0) is 37.5 Å². The van der Waals surface area contributed by atoms with Crippen LogP contribution in [-0.2, 0) is 23.7 Å². The van der Waals surface area contributed by atoms with E-state index >= 15 is 0 Å². The molecule has 0 aromatic heterocycles.